The van der Waals surface area contributed by atoms with Crippen LogP contribution in [0.2, 0.25) is 0 Å². The maximum absolute atomic E-state index is 12.8. The highest BCUT2D eigenvalue weighted by molar-refractivity contribution is 9.10. The van der Waals surface area contributed by atoms with Gasteiger partial charge in [0, 0.05) is 41.3 Å². The van der Waals surface area contributed by atoms with Crippen molar-refractivity contribution in [2.75, 3.05) is 11.4 Å². The minimum atomic E-state index is 0.0382. The van der Waals surface area contributed by atoms with Gasteiger partial charge in [0.05, 0.1) is 0 Å². The molecule has 20 heavy (non-hydrogen) atoms. The van der Waals surface area contributed by atoms with Gasteiger partial charge in [0.1, 0.15) is 5.69 Å². The third-order valence-corrected chi connectivity index (χ3v) is 3.94. The first kappa shape index (κ1) is 13.4. The van der Waals surface area contributed by atoms with Crippen molar-refractivity contribution in [2.24, 2.45) is 0 Å². The Hall–Kier alpha value is -1.62. The van der Waals surface area contributed by atoms with Gasteiger partial charge in [0.15, 0.2) is 0 Å². The van der Waals surface area contributed by atoms with Gasteiger partial charge in [-0.1, -0.05) is 0 Å². The lowest BCUT2D eigenvalue weighted by Crippen LogP contribution is -2.32. The van der Waals surface area contributed by atoms with Gasteiger partial charge in [-0.3, -0.25) is 9.78 Å². The van der Waals surface area contributed by atoms with Gasteiger partial charge in [-0.25, -0.2) is 0 Å². The Morgan fingerprint density at radius 2 is 2.15 bits per heavy atom. The van der Waals surface area contributed by atoms with Crippen LogP contribution in [0, 0.1) is 0 Å². The quantitative estimate of drug-likeness (QED) is 0.856. The molecule has 2 heterocycles. The number of anilines is 1. The molecule has 1 amide bonds. The fourth-order valence-electron chi connectivity index (χ4n) is 2.38. The Morgan fingerprint density at radius 3 is 2.75 bits per heavy atom. The summed E-state index contributed by atoms with van der Waals surface area (Å²) in [5.41, 5.74) is 1.63. The van der Waals surface area contributed by atoms with E-state index in [1.54, 1.807) is 17.3 Å². The summed E-state index contributed by atoms with van der Waals surface area (Å²) in [6.07, 6.45) is 7.74. The first-order chi connectivity index (χ1) is 9.70. The number of carbonyl (C=O) groups is 1. The molecular formula is C15H16BrN3O. The summed E-state index contributed by atoms with van der Waals surface area (Å²) in [7, 11) is 0. The smallest absolute Gasteiger partial charge is 0.274 e. The highest BCUT2D eigenvalue weighted by Crippen LogP contribution is 2.38. The molecule has 1 saturated carbocycles. The van der Waals surface area contributed by atoms with E-state index in [0.717, 1.165) is 28.7 Å². The lowest BCUT2D eigenvalue weighted by atomic mass is 10.3. The van der Waals surface area contributed by atoms with Crippen molar-refractivity contribution in [2.45, 2.75) is 25.8 Å². The van der Waals surface area contributed by atoms with Crippen molar-refractivity contribution in [3.63, 3.8) is 0 Å². The van der Waals surface area contributed by atoms with Gasteiger partial charge in [0.2, 0.25) is 0 Å². The second kappa shape index (κ2) is 5.40. The van der Waals surface area contributed by atoms with Crippen LogP contribution in [0.4, 0.5) is 5.69 Å². The standard InChI is InChI=1S/C15H16BrN3O/c1-2-18(13-5-7-17-8-6-13)15(20)14-9-11(16)10-19(14)12-3-4-12/h5-10,12H,2-4H2,1H3. The van der Waals surface area contributed by atoms with Crippen LogP contribution in [-0.2, 0) is 0 Å². The Kier molecular flexibility index (Phi) is 3.61. The molecule has 104 valence electrons. The van der Waals surface area contributed by atoms with Crippen molar-refractivity contribution < 1.29 is 4.79 Å². The zero-order valence-corrected chi connectivity index (χ0v) is 12.9. The third kappa shape index (κ3) is 2.50. The molecular weight excluding hydrogens is 318 g/mol. The third-order valence-electron chi connectivity index (χ3n) is 3.51. The van der Waals surface area contributed by atoms with Crippen molar-refractivity contribution in [3.05, 3.63) is 47.0 Å². The second-order valence-electron chi connectivity index (χ2n) is 4.94. The molecule has 1 aliphatic carbocycles. The Balaban J connectivity index is 1.94. The number of halogens is 1. The van der Waals surface area contributed by atoms with Gasteiger partial charge in [-0.05, 0) is 53.9 Å². The maximum Gasteiger partial charge on any atom is 0.274 e. The molecule has 3 rings (SSSR count). The lowest BCUT2D eigenvalue weighted by molar-refractivity contribution is 0.0979. The summed E-state index contributed by atoms with van der Waals surface area (Å²) in [6.45, 7) is 2.62. The molecule has 1 aliphatic rings. The minimum absolute atomic E-state index is 0.0382. The van der Waals surface area contributed by atoms with Gasteiger partial charge in [0.25, 0.3) is 5.91 Å². The normalized spacial score (nSPS) is 14.3. The Morgan fingerprint density at radius 1 is 1.45 bits per heavy atom. The van der Waals surface area contributed by atoms with Crippen LogP contribution in [0.15, 0.2) is 41.3 Å². The molecule has 0 atom stereocenters. The van der Waals surface area contributed by atoms with Gasteiger partial charge in [-0.2, -0.15) is 0 Å². The minimum Gasteiger partial charge on any atom is -0.339 e. The van der Waals surface area contributed by atoms with Crippen LogP contribution in [0.1, 0.15) is 36.3 Å². The van der Waals surface area contributed by atoms with E-state index < -0.39 is 0 Å². The number of carbonyl (C=O) groups excluding carboxylic acids is 1. The molecule has 0 spiro atoms. The molecule has 0 N–H and O–H groups in total. The predicted molar refractivity (Wildman–Crippen MR) is 82.0 cm³/mol. The van der Waals surface area contributed by atoms with Crippen molar-refractivity contribution >= 4 is 27.5 Å². The van der Waals surface area contributed by atoms with E-state index in [4.69, 9.17) is 0 Å². The van der Waals surface area contributed by atoms with E-state index in [-0.39, 0.29) is 5.91 Å². The molecule has 4 nitrogen and oxygen atoms in total. The van der Waals surface area contributed by atoms with E-state index in [1.165, 1.54) is 0 Å². The van der Waals surface area contributed by atoms with E-state index in [0.29, 0.717) is 12.6 Å². The summed E-state index contributed by atoms with van der Waals surface area (Å²) < 4.78 is 3.05. The average Bonchev–Trinajstić information content (AvgIpc) is 3.23. The molecule has 2 aromatic heterocycles. The monoisotopic (exact) mass is 333 g/mol. The first-order valence-electron chi connectivity index (χ1n) is 6.80. The molecule has 2 aromatic rings. The number of hydrogen-bond acceptors (Lipinski definition) is 2. The average molecular weight is 334 g/mol. The van der Waals surface area contributed by atoms with E-state index in [2.05, 4.69) is 25.5 Å². The number of hydrogen-bond donors (Lipinski definition) is 0. The summed E-state index contributed by atoms with van der Waals surface area (Å²) in [6, 6.07) is 6.11. The maximum atomic E-state index is 12.8. The topological polar surface area (TPSA) is 38.1 Å². The van der Waals surface area contributed by atoms with Gasteiger partial charge < -0.3 is 9.47 Å². The fraction of sp³-hybridized carbons (Fsp3) is 0.333. The molecule has 1 fully saturated rings. The molecule has 0 aliphatic heterocycles. The van der Waals surface area contributed by atoms with E-state index in [1.807, 2.05) is 31.3 Å². The van der Waals surface area contributed by atoms with Crippen LogP contribution in [-0.4, -0.2) is 22.0 Å². The second-order valence-corrected chi connectivity index (χ2v) is 5.85. The van der Waals surface area contributed by atoms with Gasteiger partial charge in [-0.15, -0.1) is 0 Å². The van der Waals surface area contributed by atoms with Gasteiger partial charge >= 0.3 is 0 Å². The van der Waals surface area contributed by atoms with Crippen LogP contribution in [0.3, 0.4) is 0 Å². The van der Waals surface area contributed by atoms with Crippen LogP contribution >= 0.6 is 15.9 Å². The first-order valence-corrected chi connectivity index (χ1v) is 7.59. The summed E-state index contributed by atoms with van der Waals surface area (Å²) in [5.74, 6) is 0.0382. The molecule has 5 heteroatoms. The molecule has 0 bridgehead atoms. The van der Waals surface area contributed by atoms with E-state index >= 15 is 0 Å². The summed E-state index contributed by atoms with van der Waals surface area (Å²) in [5, 5.41) is 0. The number of rotatable bonds is 4. The van der Waals surface area contributed by atoms with Crippen LogP contribution < -0.4 is 4.90 Å². The summed E-state index contributed by atoms with van der Waals surface area (Å²) >= 11 is 3.47. The highest BCUT2D eigenvalue weighted by Gasteiger charge is 2.29. The van der Waals surface area contributed by atoms with E-state index in [9.17, 15) is 4.79 Å². The molecule has 0 radical (unpaired) electrons. The number of nitrogens with zero attached hydrogens (tertiary/aromatic N) is 3. The molecule has 0 aromatic carbocycles. The molecule has 0 unspecified atom stereocenters. The highest BCUT2D eigenvalue weighted by atomic mass is 79.9. The number of pyridine rings is 1. The van der Waals surface area contributed by atoms with Crippen LogP contribution in [0.25, 0.3) is 0 Å². The summed E-state index contributed by atoms with van der Waals surface area (Å²) in [4.78, 5) is 18.6. The Bertz CT molecular complexity index is 619. The number of aromatic nitrogens is 2. The van der Waals surface area contributed by atoms with Crippen LogP contribution in [0.5, 0.6) is 0 Å². The zero-order chi connectivity index (χ0) is 14.1. The van der Waals surface area contributed by atoms with Crippen molar-refractivity contribution in [1.29, 1.82) is 0 Å². The largest absolute Gasteiger partial charge is 0.339 e. The lowest BCUT2D eigenvalue weighted by Gasteiger charge is -2.21. The molecule has 0 saturated heterocycles. The zero-order valence-electron chi connectivity index (χ0n) is 11.3. The fourth-order valence-corrected chi connectivity index (χ4v) is 2.81. The SMILES string of the molecule is CCN(C(=O)c1cc(Br)cn1C1CC1)c1ccncc1. The predicted octanol–water partition coefficient (Wildman–Crippen LogP) is 3.65. The van der Waals surface area contributed by atoms with Crippen molar-refractivity contribution in [3.8, 4) is 0 Å². The Labute approximate surface area is 126 Å². The number of amides is 1. The van der Waals surface area contributed by atoms with Crippen molar-refractivity contribution in [1.82, 2.24) is 9.55 Å².